The Hall–Kier alpha value is -0.970. The highest BCUT2D eigenvalue weighted by Crippen LogP contribution is 2.39. The van der Waals surface area contributed by atoms with Crippen LogP contribution in [0, 0.1) is 5.92 Å². The summed E-state index contributed by atoms with van der Waals surface area (Å²) < 4.78 is 10.8. The quantitative estimate of drug-likeness (QED) is 0.927. The van der Waals surface area contributed by atoms with Crippen molar-refractivity contribution < 1.29 is 9.47 Å². The zero-order valence-corrected chi connectivity index (χ0v) is 12.2. The fraction of sp³-hybridized carbons (Fsp3) is 0.600. The zero-order chi connectivity index (χ0) is 13.5. The first-order chi connectivity index (χ1) is 9.79. The van der Waals surface area contributed by atoms with E-state index in [0.29, 0.717) is 16.8 Å². The third-order valence-electron chi connectivity index (χ3n) is 4.71. The van der Waals surface area contributed by atoms with Crippen molar-refractivity contribution in [3.63, 3.8) is 0 Å². The first-order valence-corrected chi connectivity index (χ1v) is 7.71. The Morgan fingerprint density at radius 2 is 2.10 bits per heavy atom. The molecule has 0 saturated carbocycles. The fourth-order valence-corrected chi connectivity index (χ4v) is 3.86. The first-order valence-electron chi connectivity index (χ1n) is 7.33. The van der Waals surface area contributed by atoms with Crippen molar-refractivity contribution >= 4 is 11.6 Å². The van der Waals surface area contributed by atoms with Crippen LogP contribution in [0.25, 0.3) is 0 Å². The highest BCUT2D eigenvalue weighted by Gasteiger charge is 2.33. The summed E-state index contributed by atoms with van der Waals surface area (Å²) >= 11 is 6.22. The zero-order valence-electron chi connectivity index (χ0n) is 11.4. The second kappa shape index (κ2) is 5.10. The number of nitrogens with zero attached hydrogens (tertiary/aromatic N) is 1. The topological polar surface area (TPSA) is 33.7 Å². The van der Waals surface area contributed by atoms with Crippen LogP contribution in [0.4, 0.5) is 0 Å². The van der Waals surface area contributed by atoms with Gasteiger partial charge < -0.3 is 19.7 Å². The lowest BCUT2D eigenvalue weighted by molar-refractivity contribution is 0.0720. The van der Waals surface area contributed by atoms with E-state index >= 15 is 0 Å². The van der Waals surface area contributed by atoms with E-state index in [0.717, 1.165) is 23.8 Å². The molecule has 1 unspecified atom stereocenters. The van der Waals surface area contributed by atoms with E-state index in [1.54, 1.807) is 0 Å². The summed E-state index contributed by atoms with van der Waals surface area (Å²) in [4.78, 5) is 2.56. The minimum Gasteiger partial charge on any atom is -0.454 e. The second-order valence-corrected chi connectivity index (χ2v) is 6.34. The molecule has 4 nitrogen and oxygen atoms in total. The third-order valence-corrected chi connectivity index (χ3v) is 4.99. The van der Waals surface area contributed by atoms with Gasteiger partial charge in [0.05, 0.1) is 5.02 Å². The van der Waals surface area contributed by atoms with Gasteiger partial charge in [-0.2, -0.15) is 0 Å². The lowest BCUT2D eigenvalue weighted by Crippen LogP contribution is -2.55. The monoisotopic (exact) mass is 294 g/mol. The van der Waals surface area contributed by atoms with Gasteiger partial charge in [0.25, 0.3) is 0 Å². The molecule has 1 atom stereocenters. The summed E-state index contributed by atoms with van der Waals surface area (Å²) in [5.41, 5.74) is 1.16. The summed E-state index contributed by atoms with van der Waals surface area (Å²) in [5, 5.41) is 4.34. The Labute approximate surface area is 124 Å². The van der Waals surface area contributed by atoms with Crippen LogP contribution in [0.2, 0.25) is 5.02 Å². The summed E-state index contributed by atoms with van der Waals surface area (Å²) in [7, 11) is 0. The van der Waals surface area contributed by atoms with Crippen molar-refractivity contribution in [2.24, 2.45) is 5.92 Å². The number of nitrogens with one attached hydrogen (secondary N) is 1. The van der Waals surface area contributed by atoms with Gasteiger partial charge in [-0.3, -0.25) is 0 Å². The molecule has 4 aliphatic rings. The summed E-state index contributed by atoms with van der Waals surface area (Å²) in [5.74, 6) is 2.28. The van der Waals surface area contributed by atoms with E-state index in [9.17, 15) is 0 Å². The Balaban J connectivity index is 1.44. The summed E-state index contributed by atoms with van der Waals surface area (Å²) in [6.07, 6.45) is 2.67. The molecule has 5 rings (SSSR count). The predicted octanol–water partition coefficient (Wildman–Crippen LogP) is 2.25. The first kappa shape index (κ1) is 12.7. The lowest BCUT2D eigenvalue weighted by Gasteiger charge is -2.45. The van der Waals surface area contributed by atoms with Crippen molar-refractivity contribution in [1.82, 2.24) is 10.2 Å². The van der Waals surface area contributed by atoms with E-state index in [1.807, 2.05) is 12.1 Å². The van der Waals surface area contributed by atoms with Crippen LogP contribution in [-0.2, 0) is 6.54 Å². The van der Waals surface area contributed by atoms with Gasteiger partial charge in [0.15, 0.2) is 11.5 Å². The molecule has 3 fully saturated rings. The molecule has 2 bridgehead atoms. The molecule has 5 heteroatoms. The van der Waals surface area contributed by atoms with Crippen LogP contribution in [0.3, 0.4) is 0 Å². The average Bonchev–Trinajstić information content (AvgIpc) is 2.95. The average molecular weight is 295 g/mol. The number of rotatable bonds is 3. The summed E-state index contributed by atoms with van der Waals surface area (Å²) in [6.45, 7) is 4.84. The van der Waals surface area contributed by atoms with Gasteiger partial charge in [0.2, 0.25) is 6.79 Å². The maximum Gasteiger partial charge on any atom is 0.231 e. The van der Waals surface area contributed by atoms with Gasteiger partial charge in [-0.15, -0.1) is 0 Å². The normalized spacial score (nSPS) is 30.8. The van der Waals surface area contributed by atoms with Gasteiger partial charge >= 0.3 is 0 Å². The van der Waals surface area contributed by atoms with E-state index in [4.69, 9.17) is 21.1 Å². The maximum absolute atomic E-state index is 6.22. The predicted molar refractivity (Wildman–Crippen MR) is 77.4 cm³/mol. The molecule has 0 radical (unpaired) electrons. The van der Waals surface area contributed by atoms with Gasteiger partial charge in [-0.1, -0.05) is 11.6 Å². The molecule has 108 valence electrons. The Morgan fingerprint density at radius 1 is 1.25 bits per heavy atom. The Bertz CT molecular complexity index is 515. The van der Waals surface area contributed by atoms with Gasteiger partial charge in [0.1, 0.15) is 0 Å². The molecule has 20 heavy (non-hydrogen) atoms. The van der Waals surface area contributed by atoms with E-state index in [2.05, 4.69) is 10.2 Å². The van der Waals surface area contributed by atoms with Crippen LogP contribution in [0.1, 0.15) is 18.4 Å². The van der Waals surface area contributed by atoms with E-state index in [1.165, 1.54) is 32.5 Å². The van der Waals surface area contributed by atoms with Crippen molar-refractivity contribution in [3.8, 4) is 11.5 Å². The van der Waals surface area contributed by atoms with E-state index in [-0.39, 0.29) is 6.79 Å². The van der Waals surface area contributed by atoms with E-state index < -0.39 is 0 Å². The highest BCUT2D eigenvalue weighted by molar-refractivity contribution is 6.32. The smallest absolute Gasteiger partial charge is 0.231 e. The van der Waals surface area contributed by atoms with Crippen molar-refractivity contribution in [2.75, 3.05) is 26.4 Å². The SMILES string of the molecule is Clc1cc(CNC2CN3CCC2CC3)cc2c1OCO2. The molecule has 3 saturated heterocycles. The number of benzene rings is 1. The van der Waals surface area contributed by atoms with Crippen LogP contribution in [0.5, 0.6) is 11.5 Å². The molecule has 0 aromatic heterocycles. The van der Waals surface area contributed by atoms with Gasteiger partial charge in [-0.25, -0.2) is 0 Å². The largest absolute Gasteiger partial charge is 0.454 e. The molecular formula is C15H19ClN2O2. The highest BCUT2D eigenvalue weighted by atomic mass is 35.5. The Kier molecular flexibility index (Phi) is 3.25. The Morgan fingerprint density at radius 3 is 2.85 bits per heavy atom. The number of hydrogen-bond donors (Lipinski definition) is 1. The minimum absolute atomic E-state index is 0.269. The number of fused-ring (bicyclic) bond motifs is 4. The molecule has 4 heterocycles. The summed E-state index contributed by atoms with van der Waals surface area (Å²) in [6, 6.07) is 4.62. The molecule has 0 amide bonds. The van der Waals surface area contributed by atoms with Crippen LogP contribution in [0.15, 0.2) is 12.1 Å². The van der Waals surface area contributed by atoms with Crippen molar-refractivity contribution in [2.45, 2.75) is 25.4 Å². The van der Waals surface area contributed by atoms with Crippen LogP contribution in [-0.4, -0.2) is 37.4 Å². The second-order valence-electron chi connectivity index (χ2n) is 5.94. The number of hydrogen-bond acceptors (Lipinski definition) is 4. The number of ether oxygens (including phenoxy) is 2. The molecular weight excluding hydrogens is 276 g/mol. The molecule has 4 aliphatic heterocycles. The molecule has 0 aliphatic carbocycles. The maximum atomic E-state index is 6.22. The number of piperidine rings is 3. The van der Waals surface area contributed by atoms with Crippen LogP contribution < -0.4 is 14.8 Å². The van der Waals surface area contributed by atoms with Gasteiger partial charge in [0, 0.05) is 19.1 Å². The third kappa shape index (κ3) is 2.26. The molecule has 0 spiro atoms. The molecule has 1 N–H and O–H groups in total. The van der Waals surface area contributed by atoms with Crippen molar-refractivity contribution in [3.05, 3.63) is 22.7 Å². The minimum atomic E-state index is 0.269. The van der Waals surface area contributed by atoms with Gasteiger partial charge in [-0.05, 0) is 49.5 Å². The van der Waals surface area contributed by atoms with Crippen molar-refractivity contribution in [1.29, 1.82) is 0 Å². The standard InChI is InChI=1S/C15H19ClN2O2/c16-12-5-10(6-14-15(12)20-9-19-14)7-17-13-8-18-3-1-11(13)2-4-18/h5-6,11,13,17H,1-4,7-9H2. The number of halogens is 1. The molecule has 1 aromatic carbocycles. The molecule has 1 aromatic rings. The van der Waals surface area contributed by atoms with Crippen LogP contribution >= 0.6 is 11.6 Å². The fourth-order valence-electron chi connectivity index (χ4n) is 3.57. The lowest BCUT2D eigenvalue weighted by atomic mass is 9.84.